The van der Waals surface area contributed by atoms with E-state index in [-0.39, 0.29) is 18.0 Å². The van der Waals surface area contributed by atoms with Crippen LogP contribution in [0.15, 0.2) is 18.2 Å². The molecule has 2 unspecified atom stereocenters. The second kappa shape index (κ2) is 7.90. The summed E-state index contributed by atoms with van der Waals surface area (Å²) in [5.41, 5.74) is 7.86. The first kappa shape index (κ1) is 16.5. The highest BCUT2D eigenvalue weighted by Crippen LogP contribution is 2.22. The molecule has 20 heavy (non-hydrogen) atoms. The van der Waals surface area contributed by atoms with Gasteiger partial charge in [-0.15, -0.1) is 0 Å². The molecule has 4 heteroatoms. The first-order valence-electron chi connectivity index (χ1n) is 7.14. The van der Waals surface area contributed by atoms with Crippen LogP contribution in [0.1, 0.15) is 37.8 Å². The lowest BCUT2D eigenvalue weighted by molar-refractivity contribution is -0.122. The minimum absolute atomic E-state index is 0.0189. The Labute approximate surface area is 121 Å². The molecular formula is C16H26N2O2. The van der Waals surface area contributed by atoms with E-state index in [1.54, 1.807) is 0 Å². The summed E-state index contributed by atoms with van der Waals surface area (Å²) in [4.78, 5) is 11.7. The first-order chi connectivity index (χ1) is 9.40. The van der Waals surface area contributed by atoms with E-state index < -0.39 is 0 Å². The molecule has 112 valence electrons. The van der Waals surface area contributed by atoms with E-state index >= 15 is 0 Å². The Morgan fingerprint density at radius 2 is 1.90 bits per heavy atom. The lowest BCUT2D eigenvalue weighted by atomic mass is 10.1. The Hall–Kier alpha value is -1.55. The van der Waals surface area contributed by atoms with Crippen molar-refractivity contribution in [2.75, 3.05) is 6.61 Å². The number of carbonyl (C=O) groups is 1. The fourth-order valence-corrected chi connectivity index (χ4v) is 1.98. The summed E-state index contributed by atoms with van der Waals surface area (Å²) in [5.74, 6) is 0.934. The zero-order valence-corrected chi connectivity index (χ0v) is 12.9. The molecule has 0 bridgehead atoms. The predicted molar refractivity (Wildman–Crippen MR) is 81.9 cm³/mol. The van der Waals surface area contributed by atoms with Gasteiger partial charge in [-0.3, -0.25) is 4.79 Å². The van der Waals surface area contributed by atoms with Crippen LogP contribution in [-0.2, 0) is 4.79 Å². The van der Waals surface area contributed by atoms with Gasteiger partial charge in [0.05, 0.1) is 6.04 Å². The van der Waals surface area contributed by atoms with E-state index in [4.69, 9.17) is 10.5 Å². The van der Waals surface area contributed by atoms with Gasteiger partial charge in [-0.2, -0.15) is 0 Å². The van der Waals surface area contributed by atoms with Crippen LogP contribution in [0.25, 0.3) is 0 Å². The summed E-state index contributed by atoms with van der Waals surface area (Å²) >= 11 is 0. The maximum absolute atomic E-state index is 11.7. The number of rotatable bonds is 7. The fourth-order valence-electron chi connectivity index (χ4n) is 1.98. The van der Waals surface area contributed by atoms with Crippen LogP contribution in [0.5, 0.6) is 5.75 Å². The molecule has 0 saturated heterocycles. The highest BCUT2D eigenvalue weighted by atomic mass is 16.5. The zero-order valence-electron chi connectivity index (χ0n) is 12.9. The molecular weight excluding hydrogens is 252 g/mol. The second-order valence-electron chi connectivity index (χ2n) is 5.52. The number of para-hydroxylation sites is 1. The molecule has 0 spiro atoms. The SMILES string of the molecule is Cc1cccc(C)c1OCC(C)NC(=O)CCC(C)N. The van der Waals surface area contributed by atoms with E-state index in [1.165, 1.54) is 0 Å². The molecule has 0 radical (unpaired) electrons. The maximum atomic E-state index is 11.7. The summed E-state index contributed by atoms with van der Waals surface area (Å²) in [6, 6.07) is 6.09. The smallest absolute Gasteiger partial charge is 0.220 e. The number of nitrogens with two attached hydrogens (primary N) is 1. The van der Waals surface area contributed by atoms with Crippen LogP contribution in [-0.4, -0.2) is 24.6 Å². The largest absolute Gasteiger partial charge is 0.491 e. The highest BCUT2D eigenvalue weighted by Gasteiger charge is 2.10. The Balaban J connectivity index is 2.40. The third-order valence-electron chi connectivity index (χ3n) is 3.12. The minimum atomic E-state index is -0.0189. The predicted octanol–water partition coefficient (Wildman–Crippen LogP) is 2.31. The minimum Gasteiger partial charge on any atom is -0.491 e. The number of carbonyl (C=O) groups excluding carboxylic acids is 1. The van der Waals surface area contributed by atoms with Crippen molar-refractivity contribution < 1.29 is 9.53 Å². The number of ether oxygens (including phenoxy) is 1. The molecule has 1 amide bonds. The van der Waals surface area contributed by atoms with Crippen LogP contribution < -0.4 is 15.8 Å². The Kier molecular flexibility index (Phi) is 6.52. The van der Waals surface area contributed by atoms with Crippen LogP contribution in [0.3, 0.4) is 0 Å². The molecule has 0 saturated carbocycles. The topological polar surface area (TPSA) is 64.3 Å². The van der Waals surface area contributed by atoms with E-state index in [1.807, 2.05) is 45.9 Å². The van der Waals surface area contributed by atoms with Gasteiger partial charge < -0.3 is 15.8 Å². The van der Waals surface area contributed by atoms with Gasteiger partial charge in [-0.05, 0) is 45.2 Å². The molecule has 2 atom stereocenters. The van der Waals surface area contributed by atoms with Crippen LogP contribution in [0, 0.1) is 13.8 Å². The van der Waals surface area contributed by atoms with Gasteiger partial charge in [0.25, 0.3) is 0 Å². The fraction of sp³-hybridized carbons (Fsp3) is 0.562. The summed E-state index contributed by atoms with van der Waals surface area (Å²) in [7, 11) is 0. The first-order valence-corrected chi connectivity index (χ1v) is 7.14. The van der Waals surface area contributed by atoms with E-state index in [0.29, 0.717) is 19.4 Å². The van der Waals surface area contributed by atoms with Crippen molar-refractivity contribution in [3.63, 3.8) is 0 Å². The molecule has 0 aliphatic rings. The average molecular weight is 278 g/mol. The molecule has 0 aliphatic heterocycles. The number of nitrogens with one attached hydrogen (secondary N) is 1. The number of benzene rings is 1. The van der Waals surface area contributed by atoms with E-state index in [2.05, 4.69) is 5.32 Å². The lowest BCUT2D eigenvalue weighted by Gasteiger charge is -2.17. The molecule has 4 nitrogen and oxygen atoms in total. The standard InChI is InChI=1S/C16H26N2O2/c1-11-6-5-7-12(2)16(11)20-10-14(4)18-15(19)9-8-13(3)17/h5-7,13-14H,8-10,17H2,1-4H3,(H,18,19). The number of hydrogen-bond acceptors (Lipinski definition) is 3. The molecule has 0 heterocycles. The van der Waals surface area contributed by atoms with Crippen molar-refractivity contribution in [2.24, 2.45) is 5.73 Å². The van der Waals surface area contributed by atoms with E-state index in [0.717, 1.165) is 16.9 Å². The van der Waals surface area contributed by atoms with Crippen LogP contribution >= 0.6 is 0 Å². The number of aryl methyl sites for hydroxylation is 2. The normalized spacial score (nSPS) is 13.7. The molecule has 1 aromatic rings. The summed E-state index contributed by atoms with van der Waals surface area (Å²) < 4.78 is 5.82. The second-order valence-corrected chi connectivity index (χ2v) is 5.52. The Bertz CT molecular complexity index is 424. The molecule has 0 fully saturated rings. The summed E-state index contributed by atoms with van der Waals surface area (Å²) in [6.45, 7) is 8.36. The van der Waals surface area contributed by atoms with Gasteiger partial charge in [0, 0.05) is 12.5 Å². The quantitative estimate of drug-likeness (QED) is 0.804. The third kappa shape index (κ3) is 5.61. The number of amides is 1. The Morgan fingerprint density at radius 1 is 1.30 bits per heavy atom. The molecule has 1 aromatic carbocycles. The van der Waals surface area contributed by atoms with Gasteiger partial charge in [0.15, 0.2) is 0 Å². The zero-order chi connectivity index (χ0) is 15.1. The van der Waals surface area contributed by atoms with E-state index in [9.17, 15) is 4.79 Å². The van der Waals surface area contributed by atoms with Gasteiger partial charge in [-0.1, -0.05) is 18.2 Å². The molecule has 1 rings (SSSR count). The maximum Gasteiger partial charge on any atom is 0.220 e. The molecule has 3 N–H and O–H groups in total. The van der Waals surface area contributed by atoms with Crippen molar-refractivity contribution in [1.82, 2.24) is 5.32 Å². The van der Waals surface area contributed by atoms with Crippen LogP contribution in [0.2, 0.25) is 0 Å². The third-order valence-corrected chi connectivity index (χ3v) is 3.12. The molecule has 0 aromatic heterocycles. The van der Waals surface area contributed by atoms with Crippen molar-refractivity contribution >= 4 is 5.91 Å². The molecule has 0 aliphatic carbocycles. The van der Waals surface area contributed by atoms with Crippen molar-refractivity contribution in [2.45, 2.75) is 52.6 Å². The average Bonchev–Trinajstić information content (AvgIpc) is 2.35. The monoisotopic (exact) mass is 278 g/mol. The Morgan fingerprint density at radius 3 is 2.45 bits per heavy atom. The van der Waals surface area contributed by atoms with Crippen molar-refractivity contribution in [3.8, 4) is 5.75 Å². The highest BCUT2D eigenvalue weighted by molar-refractivity contribution is 5.76. The van der Waals surface area contributed by atoms with Gasteiger partial charge in [-0.25, -0.2) is 0 Å². The summed E-state index contributed by atoms with van der Waals surface area (Å²) in [6.07, 6.45) is 1.17. The summed E-state index contributed by atoms with van der Waals surface area (Å²) in [5, 5.41) is 2.92. The lowest BCUT2D eigenvalue weighted by Crippen LogP contribution is -2.37. The number of hydrogen-bond donors (Lipinski definition) is 2. The van der Waals surface area contributed by atoms with Gasteiger partial charge >= 0.3 is 0 Å². The van der Waals surface area contributed by atoms with Crippen molar-refractivity contribution in [1.29, 1.82) is 0 Å². The van der Waals surface area contributed by atoms with Gasteiger partial charge in [0.2, 0.25) is 5.91 Å². The van der Waals surface area contributed by atoms with Crippen LogP contribution in [0.4, 0.5) is 0 Å². The van der Waals surface area contributed by atoms with Gasteiger partial charge in [0.1, 0.15) is 12.4 Å². The van der Waals surface area contributed by atoms with Crippen molar-refractivity contribution in [3.05, 3.63) is 29.3 Å².